The van der Waals surface area contributed by atoms with E-state index in [1.165, 1.54) is 0 Å². The van der Waals surface area contributed by atoms with E-state index in [-0.39, 0.29) is 12.0 Å². The fourth-order valence-electron chi connectivity index (χ4n) is 3.38. The average molecular weight is 492 g/mol. The van der Waals surface area contributed by atoms with E-state index in [9.17, 15) is 9.59 Å². The summed E-state index contributed by atoms with van der Waals surface area (Å²) in [4.78, 5) is 28.7. The number of carbonyl (C=O) groups excluding carboxylic acids is 2. The Hall–Kier alpha value is -2.39. The van der Waals surface area contributed by atoms with Gasteiger partial charge in [0.1, 0.15) is 5.60 Å². The van der Waals surface area contributed by atoms with Crippen molar-refractivity contribution in [3.63, 3.8) is 0 Å². The first kappa shape index (κ1) is 23.3. The summed E-state index contributed by atoms with van der Waals surface area (Å²) in [6.07, 6.45) is 1.34. The fourth-order valence-corrected chi connectivity index (χ4v) is 3.64. The molecule has 8 nitrogen and oxygen atoms in total. The van der Waals surface area contributed by atoms with Crippen LogP contribution < -0.4 is 5.32 Å². The lowest BCUT2D eigenvalue weighted by molar-refractivity contribution is 0.0147. The smallest absolute Gasteiger partial charge is 0.410 e. The largest absolute Gasteiger partial charge is 0.444 e. The topological polar surface area (TPSA) is 79.7 Å². The zero-order valence-corrected chi connectivity index (χ0v) is 20.1. The third-order valence-corrected chi connectivity index (χ3v) is 5.59. The van der Waals surface area contributed by atoms with Gasteiger partial charge in [0, 0.05) is 43.7 Å². The summed E-state index contributed by atoms with van der Waals surface area (Å²) in [7, 11) is 0. The van der Waals surface area contributed by atoms with Crippen LogP contribution in [0.4, 0.5) is 4.79 Å². The zero-order valence-electron chi connectivity index (χ0n) is 18.5. The molecule has 0 bridgehead atoms. The van der Waals surface area contributed by atoms with Crippen LogP contribution in [0.1, 0.15) is 36.8 Å². The molecular formula is C22H30BrN5O3. The second-order valence-electron chi connectivity index (χ2n) is 8.60. The number of amides is 2. The number of carbonyl (C=O) groups is 2. The molecule has 0 saturated carbocycles. The standard InChI is InChI=1S/C22H30BrN5O3/c1-16-19(15-25-28(16)18-7-5-17(23)6-8-18)20(29)24-9-10-26-11-13-27(14-12-26)21(30)31-22(2,3)4/h5-8,15H,9-14H2,1-4H3,(H,24,29). The maximum Gasteiger partial charge on any atom is 0.410 e. The van der Waals surface area contributed by atoms with E-state index < -0.39 is 5.60 Å². The van der Waals surface area contributed by atoms with Crippen LogP contribution >= 0.6 is 15.9 Å². The highest BCUT2D eigenvalue weighted by molar-refractivity contribution is 9.10. The molecule has 1 aromatic heterocycles. The summed E-state index contributed by atoms with van der Waals surface area (Å²) < 4.78 is 8.18. The summed E-state index contributed by atoms with van der Waals surface area (Å²) in [5, 5.41) is 7.34. The summed E-state index contributed by atoms with van der Waals surface area (Å²) in [5.41, 5.74) is 1.79. The molecule has 3 rings (SSSR count). The summed E-state index contributed by atoms with van der Waals surface area (Å²) >= 11 is 3.42. The first-order valence-corrected chi connectivity index (χ1v) is 11.2. The number of nitrogens with one attached hydrogen (secondary N) is 1. The molecule has 1 aliphatic heterocycles. The van der Waals surface area contributed by atoms with E-state index in [2.05, 4.69) is 31.2 Å². The van der Waals surface area contributed by atoms with Crippen LogP contribution in [0.15, 0.2) is 34.9 Å². The van der Waals surface area contributed by atoms with Crippen LogP contribution in [0.3, 0.4) is 0 Å². The number of hydrogen-bond donors (Lipinski definition) is 1. The lowest BCUT2D eigenvalue weighted by atomic mass is 10.2. The van der Waals surface area contributed by atoms with Crippen molar-refractivity contribution in [1.29, 1.82) is 0 Å². The number of nitrogens with zero attached hydrogens (tertiary/aromatic N) is 4. The minimum atomic E-state index is -0.484. The Morgan fingerprint density at radius 3 is 2.39 bits per heavy atom. The molecule has 0 unspecified atom stereocenters. The van der Waals surface area contributed by atoms with E-state index in [1.54, 1.807) is 15.8 Å². The Morgan fingerprint density at radius 2 is 1.77 bits per heavy atom. The van der Waals surface area contributed by atoms with Gasteiger partial charge in [-0.15, -0.1) is 0 Å². The summed E-state index contributed by atoms with van der Waals surface area (Å²) in [6, 6.07) is 7.78. The van der Waals surface area contributed by atoms with Crippen molar-refractivity contribution in [2.45, 2.75) is 33.3 Å². The van der Waals surface area contributed by atoms with Crippen molar-refractivity contribution in [3.8, 4) is 5.69 Å². The second-order valence-corrected chi connectivity index (χ2v) is 9.51. The van der Waals surface area contributed by atoms with Gasteiger partial charge in [-0.05, 0) is 52.0 Å². The van der Waals surface area contributed by atoms with Crippen molar-refractivity contribution >= 4 is 27.9 Å². The Bertz CT molecular complexity index is 912. The van der Waals surface area contributed by atoms with Crippen molar-refractivity contribution in [1.82, 2.24) is 24.9 Å². The molecule has 0 atom stereocenters. The van der Waals surface area contributed by atoms with Gasteiger partial charge in [-0.2, -0.15) is 5.10 Å². The van der Waals surface area contributed by atoms with Crippen LogP contribution in [0.5, 0.6) is 0 Å². The van der Waals surface area contributed by atoms with Gasteiger partial charge in [0.15, 0.2) is 0 Å². The first-order valence-electron chi connectivity index (χ1n) is 10.4. The monoisotopic (exact) mass is 491 g/mol. The average Bonchev–Trinajstić information content (AvgIpc) is 3.09. The summed E-state index contributed by atoms with van der Waals surface area (Å²) in [6.45, 7) is 11.5. The van der Waals surface area contributed by atoms with E-state index >= 15 is 0 Å². The molecule has 2 aromatic rings. The summed E-state index contributed by atoms with van der Waals surface area (Å²) in [5.74, 6) is -0.131. The van der Waals surface area contributed by atoms with Gasteiger partial charge in [-0.3, -0.25) is 9.69 Å². The van der Waals surface area contributed by atoms with Crippen molar-refractivity contribution in [2.24, 2.45) is 0 Å². The molecule has 1 fully saturated rings. The molecule has 168 valence electrons. The normalized spacial score (nSPS) is 15.1. The highest BCUT2D eigenvalue weighted by Crippen LogP contribution is 2.17. The predicted molar refractivity (Wildman–Crippen MR) is 123 cm³/mol. The minimum Gasteiger partial charge on any atom is -0.444 e. The van der Waals surface area contributed by atoms with E-state index in [0.29, 0.717) is 25.2 Å². The molecule has 1 N–H and O–H groups in total. The molecule has 9 heteroatoms. The van der Waals surface area contributed by atoms with Crippen molar-refractivity contribution < 1.29 is 14.3 Å². The van der Waals surface area contributed by atoms with E-state index in [4.69, 9.17) is 4.74 Å². The number of rotatable bonds is 5. The molecular weight excluding hydrogens is 462 g/mol. The van der Waals surface area contributed by atoms with Gasteiger partial charge in [0.25, 0.3) is 5.91 Å². The number of piperazine rings is 1. The molecule has 1 saturated heterocycles. The number of ether oxygens (including phenoxy) is 1. The lowest BCUT2D eigenvalue weighted by Gasteiger charge is -2.35. The third-order valence-electron chi connectivity index (χ3n) is 5.06. The molecule has 2 amide bonds. The number of benzene rings is 1. The number of hydrogen-bond acceptors (Lipinski definition) is 5. The molecule has 31 heavy (non-hydrogen) atoms. The molecule has 1 aliphatic rings. The Balaban J connectivity index is 1.45. The molecule has 1 aromatic carbocycles. The number of aromatic nitrogens is 2. The van der Waals surface area contributed by atoms with Crippen LogP contribution in [-0.4, -0.2) is 76.5 Å². The van der Waals surface area contributed by atoms with Crippen molar-refractivity contribution in [3.05, 3.63) is 46.2 Å². The van der Waals surface area contributed by atoms with Gasteiger partial charge in [0.05, 0.1) is 23.1 Å². The SMILES string of the molecule is Cc1c(C(=O)NCCN2CCN(C(=O)OC(C)(C)C)CC2)cnn1-c1ccc(Br)cc1. The van der Waals surface area contributed by atoms with Crippen LogP contribution in [-0.2, 0) is 4.74 Å². The van der Waals surface area contributed by atoms with Gasteiger partial charge in [-0.1, -0.05) is 15.9 Å². The van der Waals surface area contributed by atoms with E-state index in [1.807, 2.05) is 52.0 Å². The van der Waals surface area contributed by atoms with Gasteiger partial charge in [-0.25, -0.2) is 9.48 Å². The molecule has 0 aliphatic carbocycles. The highest BCUT2D eigenvalue weighted by atomic mass is 79.9. The van der Waals surface area contributed by atoms with E-state index in [0.717, 1.165) is 35.5 Å². The molecule has 0 radical (unpaired) electrons. The maximum absolute atomic E-state index is 12.6. The third kappa shape index (κ3) is 6.30. The van der Waals surface area contributed by atoms with Crippen LogP contribution in [0.2, 0.25) is 0 Å². The molecule has 2 heterocycles. The lowest BCUT2D eigenvalue weighted by Crippen LogP contribution is -2.51. The predicted octanol–water partition coefficient (Wildman–Crippen LogP) is 3.23. The maximum atomic E-state index is 12.6. The zero-order chi connectivity index (χ0) is 22.6. The first-order chi connectivity index (χ1) is 14.6. The van der Waals surface area contributed by atoms with Crippen LogP contribution in [0.25, 0.3) is 5.69 Å². The Labute approximate surface area is 191 Å². The minimum absolute atomic E-state index is 0.131. The van der Waals surface area contributed by atoms with Gasteiger partial charge >= 0.3 is 6.09 Å². The van der Waals surface area contributed by atoms with Crippen molar-refractivity contribution in [2.75, 3.05) is 39.3 Å². The fraction of sp³-hybridized carbons (Fsp3) is 0.500. The highest BCUT2D eigenvalue weighted by Gasteiger charge is 2.25. The van der Waals surface area contributed by atoms with Gasteiger partial charge < -0.3 is 15.0 Å². The second kappa shape index (κ2) is 9.82. The quantitative estimate of drug-likeness (QED) is 0.694. The van der Waals surface area contributed by atoms with Gasteiger partial charge in [0.2, 0.25) is 0 Å². The Morgan fingerprint density at radius 1 is 1.13 bits per heavy atom. The van der Waals surface area contributed by atoms with Crippen LogP contribution in [0, 0.1) is 6.92 Å². The number of halogens is 1. The molecule has 0 spiro atoms. The Kier molecular flexibility index (Phi) is 7.38.